The molecular weight excluding hydrogens is 476 g/mol. The van der Waals surface area contributed by atoms with Crippen molar-refractivity contribution < 1.29 is 19.4 Å². The average molecular weight is 511 g/mol. The van der Waals surface area contributed by atoms with E-state index in [9.17, 15) is 9.90 Å². The summed E-state index contributed by atoms with van der Waals surface area (Å²) < 4.78 is 12.1. The molecule has 4 aromatic rings. The van der Waals surface area contributed by atoms with Crippen LogP contribution < -0.4 is 19.7 Å². The summed E-state index contributed by atoms with van der Waals surface area (Å²) >= 11 is 0. The molecule has 1 heterocycles. The first-order valence-corrected chi connectivity index (χ1v) is 13.1. The number of carboxylic acids is 1. The van der Waals surface area contributed by atoms with Crippen LogP contribution in [0.4, 0.5) is 11.4 Å². The smallest absolute Gasteiger partial charge is 0.344 e. The van der Waals surface area contributed by atoms with Crippen LogP contribution in [0.3, 0.4) is 0 Å². The summed E-state index contributed by atoms with van der Waals surface area (Å²) in [6.07, 6.45) is -0.102. The zero-order valence-electron chi connectivity index (χ0n) is 22.1. The number of ether oxygens (including phenoxy) is 2. The molecule has 38 heavy (non-hydrogen) atoms. The topological polar surface area (TPSA) is 71.0 Å². The molecule has 2 unspecified atom stereocenters. The van der Waals surface area contributed by atoms with Crippen LogP contribution in [0.15, 0.2) is 84.9 Å². The van der Waals surface area contributed by atoms with Crippen LogP contribution in [0.5, 0.6) is 11.5 Å². The maximum absolute atomic E-state index is 11.4. The Morgan fingerprint density at radius 2 is 1.82 bits per heavy atom. The molecule has 1 aliphatic rings. The third-order valence-electron chi connectivity index (χ3n) is 7.18. The molecule has 4 aromatic carbocycles. The van der Waals surface area contributed by atoms with Crippen molar-refractivity contribution in [2.75, 3.05) is 18.0 Å². The van der Waals surface area contributed by atoms with Crippen molar-refractivity contribution >= 4 is 28.1 Å². The molecule has 1 aliphatic heterocycles. The van der Waals surface area contributed by atoms with Gasteiger partial charge in [0.1, 0.15) is 17.6 Å². The lowest BCUT2D eigenvalue weighted by Crippen LogP contribution is -2.39. The highest BCUT2D eigenvalue weighted by atomic mass is 16.5. The van der Waals surface area contributed by atoms with Crippen LogP contribution >= 0.6 is 0 Å². The maximum Gasteiger partial charge on any atom is 0.344 e. The van der Waals surface area contributed by atoms with Crippen molar-refractivity contribution in [3.63, 3.8) is 0 Å². The first-order valence-electron chi connectivity index (χ1n) is 13.1. The predicted octanol–water partition coefficient (Wildman–Crippen LogP) is 6.64. The van der Waals surface area contributed by atoms with E-state index in [2.05, 4.69) is 59.6 Å². The van der Waals surface area contributed by atoms with Gasteiger partial charge in [-0.3, -0.25) is 0 Å². The Bertz CT molecular complexity index is 1430. The number of nitrogens with one attached hydrogen (secondary N) is 1. The van der Waals surface area contributed by atoms with Gasteiger partial charge in [0.25, 0.3) is 0 Å². The SMILES string of the molecule is Cc1ccc(N2CC(CCN[C@H](C)c3cccc4ccccc34)Oc3ccccc32)cc1OC(C)C(=O)O. The summed E-state index contributed by atoms with van der Waals surface area (Å²) in [5, 5.41) is 15.5. The monoisotopic (exact) mass is 510 g/mol. The van der Waals surface area contributed by atoms with Gasteiger partial charge in [-0.25, -0.2) is 4.79 Å². The Hall–Kier alpha value is -4.03. The molecule has 196 valence electrons. The molecule has 0 fully saturated rings. The number of fused-ring (bicyclic) bond motifs is 2. The lowest BCUT2D eigenvalue weighted by molar-refractivity contribution is -0.144. The fraction of sp³-hybridized carbons (Fsp3) is 0.281. The first kappa shape index (κ1) is 25.6. The van der Waals surface area contributed by atoms with Gasteiger partial charge in [0, 0.05) is 17.8 Å². The number of nitrogens with zero attached hydrogens (tertiary/aromatic N) is 1. The molecule has 0 aromatic heterocycles. The van der Waals surface area contributed by atoms with Gasteiger partial charge in [-0.15, -0.1) is 0 Å². The summed E-state index contributed by atoms with van der Waals surface area (Å²) in [7, 11) is 0. The Balaban J connectivity index is 1.31. The van der Waals surface area contributed by atoms with Gasteiger partial charge in [-0.1, -0.05) is 60.7 Å². The normalized spacial score (nSPS) is 16.4. The van der Waals surface area contributed by atoms with Crippen molar-refractivity contribution in [1.82, 2.24) is 5.32 Å². The van der Waals surface area contributed by atoms with Gasteiger partial charge in [0.05, 0.1) is 12.2 Å². The Morgan fingerprint density at radius 3 is 2.66 bits per heavy atom. The average Bonchev–Trinajstić information content (AvgIpc) is 2.93. The molecule has 0 spiro atoms. The van der Waals surface area contributed by atoms with E-state index in [1.54, 1.807) is 6.92 Å². The summed E-state index contributed by atoms with van der Waals surface area (Å²) in [5.41, 5.74) is 4.12. The van der Waals surface area contributed by atoms with Crippen LogP contribution in [-0.4, -0.2) is 36.4 Å². The van der Waals surface area contributed by atoms with E-state index < -0.39 is 12.1 Å². The summed E-state index contributed by atoms with van der Waals surface area (Å²) in [5.74, 6) is 0.424. The molecule has 0 saturated carbocycles. The highest BCUT2D eigenvalue weighted by Gasteiger charge is 2.27. The Kier molecular flexibility index (Phi) is 7.52. The Morgan fingerprint density at radius 1 is 1.05 bits per heavy atom. The minimum Gasteiger partial charge on any atom is -0.486 e. The highest BCUT2D eigenvalue weighted by molar-refractivity contribution is 5.86. The third-order valence-corrected chi connectivity index (χ3v) is 7.18. The van der Waals surface area contributed by atoms with Gasteiger partial charge in [0.15, 0.2) is 6.10 Å². The zero-order valence-corrected chi connectivity index (χ0v) is 22.1. The molecule has 5 rings (SSSR count). The van der Waals surface area contributed by atoms with Gasteiger partial charge < -0.3 is 24.8 Å². The number of hydrogen-bond acceptors (Lipinski definition) is 5. The molecule has 0 radical (unpaired) electrons. The van der Waals surface area contributed by atoms with E-state index in [0.29, 0.717) is 12.3 Å². The van der Waals surface area contributed by atoms with Gasteiger partial charge in [-0.05, 0) is 73.8 Å². The number of aliphatic carboxylic acids is 1. The molecule has 2 N–H and O–H groups in total. The van der Waals surface area contributed by atoms with E-state index in [4.69, 9.17) is 9.47 Å². The molecule has 0 amide bonds. The second-order valence-corrected chi connectivity index (χ2v) is 9.90. The van der Waals surface area contributed by atoms with Crippen LogP contribution in [-0.2, 0) is 4.79 Å². The van der Waals surface area contributed by atoms with E-state index in [1.807, 2.05) is 49.4 Å². The van der Waals surface area contributed by atoms with Crippen molar-refractivity contribution in [2.45, 2.75) is 45.4 Å². The van der Waals surface area contributed by atoms with E-state index >= 15 is 0 Å². The van der Waals surface area contributed by atoms with Crippen LogP contribution in [0.25, 0.3) is 10.8 Å². The fourth-order valence-electron chi connectivity index (χ4n) is 5.02. The fourth-order valence-corrected chi connectivity index (χ4v) is 5.02. The largest absolute Gasteiger partial charge is 0.486 e. The predicted molar refractivity (Wildman–Crippen MR) is 152 cm³/mol. The van der Waals surface area contributed by atoms with E-state index in [-0.39, 0.29) is 12.1 Å². The molecule has 3 atom stereocenters. The van der Waals surface area contributed by atoms with Crippen molar-refractivity contribution in [3.05, 3.63) is 96.1 Å². The van der Waals surface area contributed by atoms with Crippen molar-refractivity contribution in [2.24, 2.45) is 0 Å². The third kappa shape index (κ3) is 5.46. The molecule has 0 bridgehead atoms. The summed E-state index contributed by atoms with van der Waals surface area (Å²) in [6.45, 7) is 7.16. The standard InChI is InChI=1S/C32H34N2O4/c1-21-15-16-25(19-31(21)37-23(3)32(35)36)34-20-26(38-30-14-7-6-13-29(30)34)17-18-33-22(2)27-12-8-10-24-9-4-5-11-28(24)27/h4-16,19,22-23,26,33H,17-18,20H2,1-3H3,(H,35,36)/t22-,23?,26?/m1/s1. The second kappa shape index (κ2) is 11.2. The summed E-state index contributed by atoms with van der Waals surface area (Å²) in [4.78, 5) is 13.6. The highest BCUT2D eigenvalue weighted by Crippen LogP contribution is 2.40. The van der Waals surface area contributed by atoms with Crippen LogP contribution in [0.2, 0.25) is 0 Å². The number of carboxylic acid groups (broad SMARTS) is 1. The number of carbonyl (C=O) groups is 1. The molecule has 0 aliphatic carbocycles. The number of aryl methyl sites for hydroxylation is 1. The molecule has 6 nitrogen and oxygen atoms in total. The lowest BCUT2D eigenvalue weighted by atomic mass is 9.99. The zero-order chi connectivity index (χ0) is 26.6. The van der Waals surface area contributed by atoms with E-state index in [1.165, 1.54) is 16.3 Å². The maximum atomic E-state index is 11.4. The van der Waals surface area contributed by atoms with Crippen LogP contribution in [0.1, 0.15) is 37.4 Å². The molecule has 6 heteroatoms. The molecule has 0 saturated heterocycles. The Labute approximate surface area is 223 Å². The van der Waals surface area contributed by atoms with Crippen molar-refractivity contribution in [3.8, 4) is 11.5 Å². The minimum atomic E-state index is -0.989. The number of anilines is 2. The lowest BCUT2D eigenvalue weighted by Gasteiger charge is -2.37. The van der Waals surface area contributed by atoms with Gasteiger partial charge in [0.2, 0.25) is 0 Å². The molecular formula is C32H34N2O4. The quantitative estimate of drug-likeness (QED) is 0.263. The van der Waals surface area contributed by atoms with Crippen LogP contribution in [0, 0.1) is 6.92 Å². The number of hydrogen-bond donors (Lipinski definition) is 2. The van der Waals surface area contributed by atoms with Gasteiger partial charge >= 0.3 is 5.97 Å². The number of rotatable bonds is 9. The second-order valence-electron chi connectivity index (χ2n) is 9.90. The minimum absolute atomic E-state index is 0.0132. The number of benzene rings is 4. The number of para-hydroxylation sites is 2. The van der Waals surface area contributed by atoms with Crippen molar-refractivity contribution in [1.29, 1.82) is 0 Å². The van der Waals surface area contributed by atoms with Gasteiger partial charge in [-0.2, -0.15) is 0 Å². The summed E-state index contributed by atoms with van der Waals surface area (Å²) in [6, 6.07) is 29.1. The van der Waals surface area contributed by atoms with E-state index in [0.717, 1.165) is 35.7 Å². The first-order chi connectivity index (χ1) is 18.4.